The molecule has 0 spiro atoms. The van der Waals surface area contributed by atoms with Crippen LogP contribution in [-0.2, 0) is 4.79 Å². The van der Waals surface area contributed by atoms with Crippen molar-refractivity contribution >= 4 is 5.91 Å². The standard InChI is InChI=1S/C8H14F2N2O2/c9-8(10,5-13)4-12-6(14)7(11)2-1-3-7/h13H,1-5,11H2,(H,12,14). The van der Waals surface area contributed by atoms with E-state index in [1.54, 1.807) is 0 Å². The van der Waals surface area contributed by atoms with Gasteiger partial charge in [0.2, 0.25) is 5.91 Å². The van der Waals surface area contributed by atoms with Gasteiger partial charge in [0.25, 0.3) is 5.92 Å². The molecule has 1 aliphatic rings. The molecule has 1 rings (SSSR count). The summed E-state index contributed by atoms with van der Waals surface area (Å²) in [7, 11) is 0. The highest BCUT2D eigenvalue weighted by Gasteiger charge is 2.41. The molecule has 0 aliphatic heterocycles. The number of hydrogen-bond acceptors (Lipinski definition) is 3. The van der Waals surface area contributed by atoms with E-state index < -0.39 is 30.5 Å². The summed E-state index contributed by atoms with van der Waals surface area (Å²) in [5.74, 6) is -3.83. The van der Waals surface area contributed by atoms with Crippen molar-refractivity contribution in [3.8, 4) is 0 Å². The molecule has 1 fully saturated rings. The number of nitrogens with two attached hydrogens (primary N) is 1. The number of nitrogens with one attached hydrogen (secondary N) is 1. The molecule has 0 bridgehead atoms. The number of halogens is 2. The van der Waals surface area contributed by atoms with E-state index in [4.69, 9.17) is 10.8 Å². The molecule has 1 amide bonds. The summed E-state index contributed by atoms with van der Waals surface area (Å²) in [5, 5.41) is 10.3. The van der Waals surface area contributed by atoms with Gasteiger partial charge in [-0.05, 0) is 19.3 Å². The highest BCUT2D eigenvalue weighted by molar-refractivity contribution is 5.87. The predicted molar refractivity (Wildman–Crippen MR) is 45.8 cm³/mol. The van der Waals surface area contributed by atoms with E-state index in [0.29, 0.717) is 12.8 Å². The van der Waals surface area contributed by atoms with E-state index in [0.717, 1.165) is 6.42 Å². The van der Waals surface area contributed by atoms with Gasteiger partial charge in [-0.15, -0.1) is 0 Å². The van der Waals surface area contributed by atoms with Crippen LogP contribution in [0.5, 0.6) is 0 Å². The van der Waals surface area contributed by atoms with Crippen LogP contribution in [0, 0.1) is 0 Å². The van der Waals surface area contributed by atoms with Gasteiger partial charge in [0.15, 0.2) is 0 Å². The fourth-order valence-electron chi connectivity index (χ4n) is 1.23. The van der Waals surface area contributed by atoms with Crippen molar-refractivity contribution in [1.29, 1.82) is 0 Å². The lowest BCUT2D eigenvalue weighted by Crippen LogP contribution is -2.59. The molecule has 0 radical (unpaired) electrons. The van der Waals surface area contributed by atoms with Crippen LogP contribution in [0.3, 0.4) is 0 Å². The molecule has 0 aromatic rings. The Morgan fingerprint density at radius 3 is 2.50 bits per heavy atom. The third-order valence-electron chi connectivity index (χ3n) is 2.44. The summed E-state index contributed by atoms with van der Waals surface area (Å²) < 4.78 is 25.0. The highest BCUT2D eigenvalue weighted by Crippen LogP contribution is 2.29. The number of alkyl halides is 2. The average molecular weight is 208 g/mol. The largest absolute Gasteiger partial charge is 0.390 e. The predicted octanol–water partition coefficient (Wildman–Crippen LogP) is -0.388. The molecule has 1 saturated carbocycles. The number of carbonyl (C=O) groups excluding carboxylic acids is 1. The lowest BCUT2D eigenvalue weighted by atomic mass is 9.77. The minimum Gasteiger partial charge on any atom is -0.390 e. The van der Waals surface area contributed by atoms with Crippen LogP contribution in [0.1, 0.15) is 19.3 Å². The summed E-state index contributed by atoms with van der Waals surface area (Å²) in [6.07, 6.45) is 1.91. The van der Waals surface area contributed by atoms with Gasteiger partial charge in [-0.2, -0.15) is 0 Å². The number of aliphatic hydroxyl groups is 1. The van der Waals surface area contributed by atoms with Crippen molar-refractivity contribution < 1.29 is 18.7 Å². The fraction of sp³-hybridized carbons (Fsp3) is 0.875. The van der Waals surface area contributed by atoms with Crippen molar-refractivity contribution in [3.05, 3.63) is 0 Å². The third-order valence-corrected chi connectivity index (χ3v) is 2.44. The molecule has 6 heteroatoms. The van der Waals surface area contributed by atoms with Crippen LogP contribution in [0.4, 0.5) is 8.78 Å². The zero-order valence-electron chi connectivity index (χ0n) is 7.72. The zero-order chi connectivity index (χ0) is 10.8. The number of amides is 1. The van der Waals surface area contributed by atoms with Gasteiger partial charge >= 0.3 is 0 Å². The molecule has 0 aromatic heterocycles. The smallest absolute Gasteiger partial charge is 0.287 e. The van der Waals surface area contributed by atoms with Gasteiger partial charge < -0.3 is 16.2 Å². The second kappa shape index (κ2) is 3.78. The highest BCUT2D eigenvalue weighted by atomic mass is 19.3. The lowest BCUT2D eigenvalue weighted by molar-refractivity contribution is -0.132. The lowest BCUT2D eigenvalue weighted by Gasteiger charge is -2.36. The minimum atomic E-state index is -3.27. The molecule has 1 aliphatic carbocycles. The molecule has 0 atom stereocenters. The average Bonchev–Trinajstić information content (AvgIpc) is 2.10. The molecule has 0 heterocycles. The van der Waals surface area contributed by atoms with Gasteiger partial charge in [-0.1, -0.05) is 0 Å². The SMILES string of the molecule is NC1(C(=O)NCC(F)(F)CO)CCC1. The van der Waals surface area contributed by atoms with E-state index in [1.165, 1.54) is 0 Å². The van der Waals surface area contributed by atoms with Crippen LogP contribution in [-0.4, -0.2) is 35.6 Å². The van der Waals surface area contributed by atoms with Crippen molar-refractivity contribution in [2.24, 2.45) is 5.73 Å². The van der Waals surface area contributed by atoms with Crippen molar-refractivity contribution in [2.45, 2.75) is 30.7 Å². The Labute approximate surface area is 80.5 Å². The minimum absolute atomic E-state index is 0.531. The molecule has 82 valence electrons. The number of hydrogen-bond donors (Lipinski definition) is 3. The van der Waals surface area contributed by atoms with Crippen molar-refractivity contribution in [2.75, 3.05) is 13.2 Å². The van der Waals surface area contributed by atoms with E-state index >= 15 is 0 Å². The second-order valence-electron chi connectivity index (χ2n) is 3.71. The Kier molecular flexibility index (Phi) is 3.06. The number of carbonyl (C=O) groups is 1. The Morgan fingerprint density at radius 2 is 2.14 bits per heavy atom. The first kappa shape index (κ1) is 11.3. The van der Waals surface area contributed by atoms with E-state index in [2.05, 4.69) is 0 Å². The van der Waals surface area contributed by atoms with E-state index in [1.807, 2.05) is 5.32 Å². The molecule has 4 N–H and O–H groups in total. The van der Waals surface area contributed by atoms with Gasteiger partial charge in [-0.3, -0.25) is 4.79 Å². The first-order valence-corrected chi connectivity index (χ1v) is 4.45. The van der Waals surface area contributed by atoms with Crippen molar-refractivity contribution in [1.82, 2.24) is 5.32 Å². The van der Waals surface area contributed by atoms with E-state index in [-0.39, 0.29) is 0 Å². The topological polar surface area (TPSA) is 75.4 Å². The van der Waals surface area contributed by atoms with Crippen LogP contribution in [0.2, 0.25) is 0 Å². The number of rotatable bonds is 4. The van der Waals surface area contributed by atoms with Gasteiger partial charge in [-0.25, -0.2) is 8.78 Å². The fourth-order valence-corrected chi connectivity index (χ4v) is 1.23. The third kappa shape index (κ3) is 2.39. The van der Waals surface area contributed by atoms with Crippen molar-refractivity contribution in [3.63, 3.8) is 0 Å². The first-order valence-electron chi connectivity index (χ1n) is 4.45. The molecular formula is C8H14F2N2O2. The summed E-state index contributed by atoms with van der Waals surface area (Å²) >= 11 is 0. The van der Waals surface area contributed by atoms with E-state index in [9.17, 15) is 13.6 Å². The Morgan fingerprint density at radius 1 is 1.57 bits per heavy atom. The monoisotopic (exact) mass is 208 g/mol. The van der Waals surface area contributed by atoms with Crippen LogP contribution < -0.4 is 11.1 Å². The van der Waals surface area contributed by atoms with Crippen LogP contribution in [0.25, 0.3) is 0 Å². The van der Waals surface area contributed by atoms with Crippen LogP contribution in [0.15, 0.2) is 0 Å². The van der Waals surface area contributed by atoms with Gasteiger partial charge in [0.05, 0.1) is 12.1 Å². The zero-order valence-corrected chi connectivity index (χ0v) is 7.72. The molecule has 0 unspecified atom stereocenters. The molecule has 14 heavy (non-hydrogen) atoms. The summed E-state index contributed by atoms with van der Waals surface area (Å²) in [6.45, 7) is -2.13. The van der Waals surface area contributed by atoms with Crippen LogP contribution >= 0.6 is 0 Å². The second-order valence-corrected chi connectivity index (χ2v) is 3.71. The Balaban J connectivity index is 2.35. The Hall–Kier alpha value is -0.750. The summed E-state index contributed by atoms with van der Waals surface area (Å²) in [4.78, 5) is 11.3. The van der Waals surface area contributed by atoms with Gasteiger partial charge in [0.1, 0.15) is 6.61 Å². The molecular weight excluding hydrogens is 194 g/mol. The first-order chi connectivity index (χ1) is 6.40. The summed E-state index contributed by atoms with van der Waals surface area (Å²) in [5.41, 5.74) is 4.63. The molecule has 0 saturated heterocycles. The maximum absolute atomic E-state index is 12.5. The Bertz CT molecular complexity index is 229. The normalized spacial score (nSPS) is 20.0. The quantitative estimate of drug-likeness (QED) is 0.589. The molecule has 4 nitrogen and oxygen atoms in total. The van der Waals surface area contributed by atoms with Gasteiger partial charge in [0, 0.05) is 0 Å². The maximum atomic E-state index is 12.5. The number of aliphatic hydroxyl groups excluding tert-OH is 1. The molecule has 0 aromatic carbocycles. The summed E-state index contributed by atoms with van der Waals surface area (Å²) in [6, 6.07) is 0. The maximum Gasteiger partial charge on any atom is 0.287 e.